The molecule has 0 radical (unpaired) electrons. The van der Waals surface area contributed by atoms with Crippen LogP contribution < -0.4 is 0 Å². The standard InChI is InChI=1S/C12H15ClO4S2/c1-2-18-6-3-7-19(16,17)9-4-5-10(12(14)15)11(13)8-9/h4-5,8H,2-3,6-7H2,1H3,(H,14,15). The molecule has 7 heteroatoms. The zero-order valence-electron chi connectivity index (χ0n) is 10.4. The third-order valence-electron chi connectivity index (χ3n) is 2.44. The summed E-state index contributed by atoms with van der Waals surface area (Å²) in [6.45, 7) is 2.02. The van der Waals surface area contributed by atoms with Crippen LogP contribution in [0, 0.1) is 0 Å². The van der Waals surface area contributed by atoms with Crippen LogP contribution in [0.25, 0.3) is 0 Å². The van der Waals surface area contributed by atoms with E-state index in [1.165, 1.54) is 18.2 Å². The molecule has 0 aliphatic heterocycles. The van der Waals surface area contributed by atoms with E-state index in [2.05, 4.69) is 0 Å². The molecule has 4 nitrogen and oxygen atoms in total. The summed E-state index contributed by atoms with van der Waals surface area (Å²) in [5.74, 6) is 0.617. The van der Waals surface area contributed by atoms with Crippen molar-refractivity contribution in [1.29, 1.82) is 0 Å². The van der Waals surface area contributed by atoms with Crippen LogP contribution in [0.15, 0.2) is 23.1 Å². The number of aromatic carboxylic acids is 1. The molecule has 0 heterocycles. The van der Waals surface area contributed by atoms with Gasteiger partial charge in [0.25, 0.3) is 0 Å². The number of thioether (sulfide) groups is 1. The van der Waals surface area contributed by atoms with Gasteiger partial charge in [0.2, 0.25) is 0 Å². The largest absolute Gasteiger partial charge is 0.478 e. The zero-order chi connectivity index (χ0) is 14.5. The van der Waals surface area contributed by atoms with Crippen molar-refractivity contribution in [3.8, 4) is 0 Å². The van der Waals surface area contributed by atoms with Crippen molar-refractivity contribution >= 4 is 39.2 Å². The van der Waals surface area contributed by atoms with E-state index in [-0.39, 0.29) is 21.2 Å². The Morgan fingerprint density at radius 3 is 2.63 bits per heavy atom. The molecule has 0 aliphatic carbocycles. The molecule has 0 fully saturated rings. The maximum Gasteiger partial charge on any atom is 0.337 e. The van der Waals surface area contributed by atoms with Crippen molar-refractivity contribution in [2.45, 2.75) is 18.2 Å². The molecular formula is C12H15ClO4S2. The van der Waals surface area contributed by atoms with Gasteiger partial charge in [-0.25, -0.2) is 13.2 Å². The molecule has 0 unspecified atom stereocenters. The third kappa shape index (κ3) is 4.71. The fourth-order valence-electron chi connectivity index (χ4n) is 1.48. The van der Waals surface area contributed by atoms with Gasteiger partial charge in [-0.15, -0.1) is 0 Å². The molecule has 19 heavy (non-hydrogen) atoms. The van der Waals surface area contributed by atoms with Crippen LogP contribution in [-0.2, 0) is 9.84 Å². The Hall–Kier alpha value is -0.720. The van der Waals surface area contributed by atoms with Gasteiger partial charge in [-0.1, -0.05) is 18.5 Å². The monoisotopic (exact) mass is 322 g/mol. The van der Waals surface area contributed by atoms with Crippen LogP contribution in [-0.4, -0.2) is 36.8 Å². The average molecular weight is 323 g/mol. The second kappa shape index (κ2) is 7.17. The number of rotatable bonds is 7. The molecule has 0 amide bonds. The topological polar surface area (TPSA) is 71.4 Å². The second-order valence-electron chi connectivity index (χ2n) is 3.82. The number of sulfone groups is 1. The highest BCUT2D eigenvalue weighted by Crippen LogP contribution is 2.22. The molecule has 1 aromatic rings. The molecule has 1 N–H and O–H groups in total. The van der Waals surface area contributed by atoms with Crippen LogP contribution in [0.2, 0.25) is 5.02 Å². The summed E-state index contributed by atoms with van der Waals surface area (Å²) in [7, 11) is -3.40. The van der Waals surface area contributed by atoms with Crippen LogP contribution in [0.4, 0.5) is 0 Å². The number of hydrogen-bond donors (Lipinski definition) is 1. The van der Waals surface area contributed by atoms with Crippen molar-refractivity contribution in [3.63, 3.8) is 0 Å². The molecule has 0 aliphatic rings. The fourth-order valence-corrected chi connectivity index (χ4v) is 3.95. The normalized spacial score (nSPS) is 11.5. The van der Waals surface area contributed by atoms with E-state index in [0.717, 1.165) is 11.5 Å². The minimum atomic E-state index is -3.40. The summed E-state index contributed by atoms with van der Waals surface area (Å²) in [4.78, 5) is 10.9. The van der Waals surface area contributed by atoms with Gasteiger partial charge in [-0.2, -0.15) is 11.8 Å². The summed E-state index contributed by atoms with van der Waals surface area (Å²) < 4.78 is 24.0. The van der Waals surface area contributed by atoms with Gasteiger partial charge in [0.15, 0.2) is 9.84 Å². The summed E-state index contributed by atoms with van der Waals surface area (Å²) >= 11 is 7.45. The van der Waals surface area contributed by atoms with Gasteiger partial charge >= 0.3 is 5.97 Å². The molecule has 0 spiro atoms. The van der Waals surface area contributed by atoms with Crippen LogP contribution >= 0.6 is 23.4 Å². The van der Waals surface area contributed by atoms with Gasteiger partial charge in [0, 0.05) is 0 Å². The van der Waals surface area contributed by atoms with E-state index in [9.17, 15) is 13.2 Å². The van der Waals surface area contributed by atoms with Crippen LogP contribution in [0.1, 0.15) is 23.7 Å². The lowest BCUT2D eigenvalue weighted by Gasteiger charge is -2.06. The summed E-state index contributed by atoms with van der Waals surface area (Å²) in [6, 6.07) is 3.71. The van der Waals surface area contributed by atoms with E-state index in [1.807, 2.05) is 6.92 Å². The lowest BCUT2D eigenvalue weighted by molar-refractivity contribution is 0.0697. The highest BCUT2D eigenvalue weighted by atomic mass is 35.5. The smallest absolute Gasteiger partial charge is 0.337 e. The quantitative estimate of drug-likeness (QED) is 0.781. The second-order valence-corrected chi connectivity index (χ2v) is 7.73. The van der Waals surface area contributed by atoms with Crippen LogP contribution in [0.5, 0.6) is 0 Å². The van der Waals surface area contributed by atoms with Crippen molar-refractivity contribution in [3.05, 3.63) is 28.8 Å². The molecule has 1 aromatic carbocycles. The molecule has 106 valence electrons. The predicted octanol–water partition coefficient (Wildman–Crippen LogP) is 2.96. The van der Waals surface area contributed by atoms with E-state index >= 15 is 0 Å². The van der Waals surface area contributed by atoms with E-state index in [4.69, 9.17) is 16.7 Å². The number of hydrogen-bond acceptors (Lipinski definition) is 4. The lowest BCUT2D eigenvalue weighted by Crippen LogP contribution is -2.08. The van der Waals surface area contributed by atoms with E-state index < -0.39 is 15.8 Å². The number of halogens is 1. The highest BCUT2D eigenvalue weighted by Gasteiger charge is 2.17. The van der Waals surface area contributed by atoms with Gasteiger partial charge in [0.1, 0.15) is 0 Å². The van der Waals surface area contributed by atoms with Crippen molar-refractivity contribution in [2.75, 3.05) is 17.3 Å². The molecular weight excluding hydrogens is 308 g/mol. The number of carbonyl (C=O) groups is 1. The van der Waals surface area contributed by atoms with Gasteiger partial charge in [-0.05, 0) is 36.1 Å². The van der Waals surface area contributed by atoms with Gasteiger partial charge < -0.3 is 5.11 Å². The first-order chi connectivity index (χ1) is 8.88. The molecule has 0 bridgehead atoms. The van der Waals surface area contributed by atoms with E-state index in [1.54, 1.807) is 11.8 Å². The number of carboxylic acid groups (broad SMARTS) is 1. The molecule has 1 rings (SSSR count). The van der Waals surface area contributed by atoms with Crippen molar-refractivity contribution in [2.24, 2.45) is 0 Å². The zero-order valence-corrected chi connectivity index (χ0v) is 12.8. The molecule has 0 saturated heterocycles. The Bertz CT molecular complexity index is 555. The maximum atomic E-state index is 12.0. The Morgan fingerprint density at radius 1 is 1.42 bits per heavy atom. The van der Waals surface area contributed by atoms with Gasteiger partial charge in [0.05, 0.1) is 21.2 Å². The van der Waals surface area contributed by atoms with Crippen LogP contribution in [0.3, 0.4) is 0 Å². The number of carboxylic acids is 1. The lowest BCUT2D eigenvalue weighted by atomic mass is 10.2. The first-order valence-electron chi connectivity index (χ1n) is 5.72. The van der Waals surface area contributed by atoms with Crippen molar-refractivity contribution in [1.82, 2.24) is 0 Å². The fraction of sp³-hybridized carbons (Fsp3) is 0.417. The summed E-state index contributed by atoms with van der Waals surface area (Å²) in [5, 5.41) is 8.76. The Kier molecular flexibility index (Phi) is 6.16. The average Bonchev–Trinajstić information content (AvgIpc) is 2.34. The summed E-state index contributed by atoms with van der Waals surface area (Å²) in [5.41, 5.74) is -0.0952. The predicted molar refractivity (Wildman–Crippen MR) is 78.1 cm³/mol. The molecule has 0 atom stereocenters. The Labute approximate surface area is 122 Å². The first-order valence-corrected chi connectivity index (χ1v) is 8.90. The number of benzene rings is 1. The van der Waals surface area contributed by atoms with Gasteiger partial charge in [-0.3, -0.25) is 0 Å². The minimum absolute atomic E-state index is 0.0444. The molecule has 0 aromatic heterocycles. The summed E-state index contributed by atoms with van der Waals surface area (Å²) in [6.07, 6.45) is 0.569. The van der Waals surface area contributed by atoms with E-state index in [0.29, 0.717) is 6.42 Å². The highest BCUT2D eigenvalue weighted by molar-refractivity contribution is 7.99. The first kappa shape index (κ1) is 16.3. The minimum Gasteiger partial charge on any atom is -0.478 e. The molecule has 0 saturated carbocycles. The Balaban J connectivity index is 2.84. The third-order valence-corrected chi connectivity index (χ3v) is 5.53. The van der Waals surface area contributed by atoms with Crippen molar-refractivity contribution < 1.29 is 18.3 Å². The Morgan fingerprint density at radius 2 is 2.11 bits per heavy atom. The maximum absolute atomic E-state index is 12.0. The SMILES string of the molecule is CCSCCCS(=O)(=O)c1ccc(C(=O)O)c(Cl)c1.